The van der Waals surface area contributed by atoms with Crippen molar-refractivity contribution in [3.05, 3.63) is 34.4 Å². The van der Waals surface area contributed by atoms with E-state index in [0.29, 0.717) is 5.02 Å². The SMILES string of the molecule is Fc1ccc2c(Cl)csc2c1. The van der Waals surface area contributed by atoms with Crippen LogP contribution in [0.1, 0.15) is 0 Å². The summed E-state index contributed by atoms with van der Waals surface area (Å²) in [7, 11) is 0. The molecule has 0 amide bonds. The highest BCUT2D eigenvalue weighted by Crippen LogP contribution is 2.29. The summed E-state index contributed by atoms with van der Waals surface area (Å²) in [4.78, 5) is 0. The summed E-state index contributed by atoms with van der Waals surface area (Å²) in [6, 6.07) is 4.61. The molecule has 0 fully saturated rings. The van der Waals surface area contributed by atoms with Gasteiger partial charge in [0.25, 0.3) is 0 Å². The van der Waals surface area contributed by atoms with Crippen LogP contribution in [0.25, 0.3) is 10.1 Å². The zero-order valence-corrected chi connectivity index (χ0v) is 7.05. The first-order chi connectivity index (χ1) is 5.27. The Morgan fingerprint density at radius 2 is 2.18 bits per heavy atom. The smallest absolute Gasteiger partial charge is 0.124 e. The normalized spacial score (nSPS) is 10.7. The van der Waals surface area contributed by atoms with Gasteiger partial charge in [-0.05, 0) is 18.2 Å². The summed E-state index contributed by atoms with van der Waals surface area (Å²) in [5.41, 5.74) is 0. The summed E-state index contributed by atoms with van der Waals surface area (Å²) in [6.07, 6.45) is 0. The molecule has 1 aromatic heterocycles. The van der Waals surface area contributed by atoms with Gasteiger partial charge in [-0.25, -0.2) is 4.39 Å². The second-order valence-electron chi connectivity index (χ2n) is 2.22. The number of hydrogen-bond acceptors (Lipinski definition) is 1. The van der Waals surface area contributed by atoms with E-state index in [-0.39, 0.29) is 5.82 Å². The van der Waals surface area contributed by atoms with Gasteiger partial charge in [-0.1, -0.05) is 11.6 Å². The fraction of sp³-hybridized carbons (Fsp3) is 0. The zero-order valence-electron chi connectivity index (χ0n) is 5.47. The Balaban J connectivity index is 2.86. The number of rotatable bonds is 0. The highest BCUT2D eigenvalue weighted by molar-refractivity contribution is 7.17. The minimum absolute atomic E-state index is 0.212. The van der Waals surface area contributed by atoms with Crippen LogP contribution in [0.2, 0.25) is 5.02 Å². The second kappa shape index (κ2) is 2.47. The Morgan fingerprint density at radius 3 is 3.00 bits per heavy atom. The zero-order chi connectivity index (χ0) is 7.84. The van der Waals surface area contributed by atoms with Crippen molar-refractivity contribution in [3.8, 4) is 0 Å². The van der Waals surface area contributed by atoms with Crippen molar-refractivity contribution in [3.63, 3.8) is 0 Å². The van der Waals surface area contributed by atoms with Gasteiger partial charge in [-0.3, -0.25) is 0 Å². The molecule has 0 bridgehead atoms. The molecule has 0 N–H and O–H groups in total. The van der Waals surface area contributed by atoms with E-state index < -0.39 is 0 Å². The van der Waals surface area contributed by atoms with Gasteiger partial charge in [0.2, 0.25) is 0 Å². The molecule has 2 aromatic rings. The van der Waals surface area contributed by atoms with Crippen LogP contribution in [0, 0.1) is 5.82 Å². The molecule has 0 saturated carbocycles. The van der Waals surface area contributed by atoms with Gasteiger partial charge in [0, 0.05) is 15.5 Å². The summed E-state index contributed by atoms with van der Waals surface area (Å²) >= 11 is 7.27. The second-order valence-corrected chi connectivity index (χ2v) is 3.54. The van der Waals surface area contributed by atoms with Crippen LogP contribution in [0.3, 0.4) is 0 Å². The quantitative estimate of drug-likeness (QED) is 0.589. The molecule has 0 aliphatic rings. The van der Waals surface area contributed by atoms with E-state index in [2.05, 4.69) is 0 Å². The molecule has 0 saturated heterocycles. The van der Waals surface area contributed by atoms with E-state index in [1.165, 1.54) is 23.5 Å². The first-order valence-corrected chi connectivity index (χ1v) is 4.35. The number of hydrogen-bond donors (Lipinski definition) is 0. The van der Waals surface area contributed by atoms with Crippen LogP contribution in [-0.4, -0.2) is 0 Å². The van der Waals surface area contributed by atoms with Crippen LogP contribution < -0.4 is 0 Å². The number of halogens is 2. The molecule has 0 radical (unpaired) electrons. The fourth-order valence-corrected chi connectivity index (χ4v) is 2.17. The number of fused-ring (bicyclic) bond motifs is 1. The van der Waals surface area contributed by atoms with Crippen molar-refractivity contribution in [1.82, 2.24) is 0 Å². The lowest BCUT2D eigenvalue weighted by atomic mass is 10.3. The maximum atomic E-state index is 12.6. The van der Waals surface area contributed by atoms with Crippen LogP contribution in [0.4, 0.5) is 4.39 Å². The molecule has 0 nitrogen and oxygen atoms in total. The van der Waals surface area contributed by atoms with E-state index in [9.17, 15) is 4.39 Å². The first kappa shape index (κ1) is 7.07. The highest BCUT2D eigenvalue weighted by Gasteiger charge is 2.01. The van der Waals surface area contributed by atoms with Gasteiger partial charge in [0.15, 0.2) is 0 Å². The Bertz CT molecular complexity index is 394. The predicted molar refractivity (Wildman–Crippen MR) is 46.8 cm³/mol. The van der Waals surface area contributed by atoms with Crippen LogP contribution >= 0.6 is 22.9 Å². The van der Waals surface area contributed by atoms with Gasteiger partial charge in [-0.15, -0.1) is 11.3 Å². The molecule has 56 valence electrons. The van der Waals surface area contributed by atoms with Crippen molar-refractivity contribution in [1.29, 1.82) is 0 Å². The maximum absolute atomic E-state index is 12.6. The van der Waals surface area contributed by atoms with Gasteiger partial charge in [0.1, 0.15) is 5.82 Å². The van der Waals surface area contributed by atoms with Gasteiger partial charge in [-0.2, -0.15) is 0 Å². The van der Waals surface area contributed by atoms with Crippen molar-refractivity contribution < 1.29 is 4.39 Å². The van der Waals surface area contributed by atoms with E-state index >= 15 is 0 Å². The summed E-state index contributed by atoms with van der Waals surface area (Å²) in [5, 5.41) is 3.44. The Hall–Kier alpha value is -0.600. The molecule has 0 aliphatic carbocycles. The molecule has 11 heavy (non-hydrogen) atoms. The van der Waals surface area contributed by atoms with E-state index in [1.807, 2.05) is 5.38 Å². The molecule has 3 heteroatoms. The Morgan fingerprint density at radius 1 is 1.36 bits per heavy atom. The third-order valence-corrected chi connectivity index (χ3v) is 2.88. The summed E-state index contributed by atoms with van der Waals surface area (Å²) < 4.78 is 13.5. The Labute approximate surface area is 72.2 Å². The number of benzene rings is 1. The molecule has 1 heterocycles. The standard InChI is InChI=1S/C8H4ClFS/c9-7-4-11-8-3-5(10)1-2-6(7)8/h1-4H. The molecule has 2 rings (SSSR count). The highest BCUT2D eigenvalue weighted by atomic mass is 35.5. The van der Waals surface area contributed by atoms with Crippen LogP contribution in [-0.2, 0) is 0 Å². The van der Waals surface area contributed by atoms with E-state index in [0.717, 1.165) is 10.1 Å². The van der Waals surface area contributed by atoms with Gasteiger partial charge >= 0.3 is 0 Å². The van der Waals surface area contributed by atoms with Crippen molar-refractivity contribution in [2.24, 2.45) is 0 Å². The average Bonchev–Trinajstić information content (AvgIpc) is 2.32. The van der Waals surface area contributed by atoms with Crippen molar-refractivity contribution in [2.45, 2.75) is 0 Å². The molecule has 0 unspecified atom stereocenters. The van der Waals surface area contributed by atoms with E-state index in [4.69, 9.17) is 11.6 Å². The maximum Gasteiger partial charge on any atom is 0.124 e. The van der Waals surface area contributed by atoms with Crippen LogP contribution in [0.15, 0.2) is 23.6 Å². The van der Waals surface area contributed by atoms with Crippen molar-refractivity contribution in [2.75, 3.05) is 0 Å². The summed E-state index contributed by atoms with van der Waals surface area (Å²) in [5.74, 6) is -0.212. The topological polar surface area (TPSA) is 0 Å². The summed E-state index contributed by atoms with van der Waals surface area (Å²) in [6.45, 7) is 0. The van der Waals surface area contributed by atoms with Gasteiger partial charge in [0.05, 0.1) is 5.02 Å². The molecule has 0 aliphatic heterocycles. The third kappa shape index (κ3) is 1.12. The lowest BCUT2D eigenvalue weighted by Crippen LogP contribution is -1.69. The van der Waals surface area contributed by atoms with Crippen molar-refractivity contribution >= 4 is 33.0 Å². The number of thiophene rings is 1. The average molecular weight is 187 g/mol. The minimum Gasteiger partial charge on any atom is -0.207 e. The molecular formula is C8H4ClFS. The lowest BCUT2D eigenvalue weighted by Gasteiger charge is -1.88. The lowest BCUT2D eigenvalue weighted by molar-refractivity contribution is 0.630. The largest absolute Gasteiger partial charge is 0.207 e. The monoisotopic (exact) mass is 186 g/mol. The van der Waals surface area contributed by atoms with Crippen LogP contribution in [0.5, 0.6) is 0 Å². The molecular weight excluding hydrogens is 183 g/mol. The molecule has 0 spiro atoms. The minimum atomic E-state index is -0.212. The predicted octanol–water partition coefficient (Wildman–Crippen LogP) is 3.69. The molecule has 0 atom stereocenters. The van der Waals surface area contributed by atoms with E-state index in [1.54, 1.807) is 6.07 Å². The fourth-order valence-electron chi connectivity index (χ4n) is 0.970. The first-order valence-electron chi connectivity index (χ1n) is 3.09. The third-order valence-electron chi connectivity index (χ3n) is 1.49. The van der Waals surface area contributed by atoms with Gasteiger partial charge < -0.3 is 0 Å². The Kier molecular flexibility index (Phi) is 1.59. The molecule has 1 aromatic carbocycles.